The molecule has 0 radical (unpaired) electrons. The first-order valence-electron chi connectivity index (χ1n) is 7.57. The molecule has 0 saturated heterocycles. The van der Waals surface area contributed by atoms with Crippen molar-refractivity contribution in [1.29, 1.82) is 0 Å². The molecule has 6 nitrogen and oxygen atoms in total. The first kappa shape index (κ1) is 17.8. The first-order chi connectivity index (χ1) is 12.5. The van der Waals surface area contributed by atoms with E-state index in [0.717, 1.165) is 5.56 Å². The maximum absolute atomic E-state index is 13.7. The third-order valence-electron chi connectivity index (χ3n) is 3.51. The molecule has 3 rings (SSSR count). The molecule has 0 unspecified atom stereocenters. The van der Waals surface area contributed by atoms with Gasteiger partial charge in [-0.1, -0.05) is 22.8 Å². The van der Waals surface area contributed by atoms with Crippen LogP contribution in [0.3, 0.4) is 0 Å². The number of ether oxygens (including phenoxy) is 2. The van der Waals surface area contributed by atoms with Crippen LogP contribution in [0.15, 0.2) is 53.1 Å². The summed E-state index contributed by atoms with van der Waals surface area (Å²) in [5.41, 5.74) is 6.53. The van der Waals surface area contributed by atoms with Crippen LogP contribution in [0.2, 0.25) is 5.02 Å². The summed E-state index contributed by atoms with van der Waals surface area (Å²) < 4.78 is 29.0. The van der Waals surface area contributed by atoms with Crippen molar-refractivity contribution in [2.45, 2.75) is 13.2 Å². The van der Waals surface area contributed by atoms with Crippen molar-refractivity contribution >= 4 is 17.7 Å². The van der Waals surface area contributed by atoms with E-state index in [9.17, 15) is 9.18 Å². The molecule has 3 aromatic rings. The van der Waals surface area contributed by atoms with E-state index in [4.69, 9.17) is 26.6 Å². The summed E-state index contributed by atoms with van der Waals surface area (Å²) in [5.74, 6) is 0.504. The summed E-state index contributed by atoms with van der Waals surface area (Å²) in [5, 5.41) is 4.21. The van der Waals surface area contributed by atoms with Gasteiger partial charge < -0.3 is 19.7 Å². The number of primary amides is 1. The number of benzene rings is 2. The van der Waals surface area contributed by atoms with E-state index in [1.165, 1.54) is 12.1 Å². The van der Waals surface area contributed by atoms with Crippen LogP contribution < -0.4 is 10.5 Å². The Hall–Kier alpha value is -3.06. The van der Waals surface area contributed by atoms with Gasteiger partial charge in [0, 0.05) is 17.2 Å². The zero-order chi connectivity index (χ0) is 18.5. The van der Waals surface area contributed by atoms with Gasteiger partial charge in [-0.3, -0.25) is 0 Å². The molecule has 0 bridgehead atoms. The summed E-state index contributed by atoms with van der Waals surface area (Å²) in [6.45, 7) is -0.0731. The van der Waals surface area contributed by atoms with E-state index < -0.39 is 11.9 Å². The fourth-order valence-corrected chi connectivity index (χ4v) is 2.42. The number of nitrogens with zero attached hydrogens (tertiary/aromatic N) is 1. The minimum Gasteiger partial charge on any atom is -0.489 e. The molecule has 26 heavy (non-hydrogen) atoms. The summed E-state index contributed by atoms with van der Waals surface area (Å²) in [4.78, 5) is 10.6. The molecule has 0 fully saturated rings. The van der Waals surface area contributed by atoms with Crippen LogP contribution in [0.5, 0.6) is 5.75 Å². The minimum atomic E-state index is -0.889. The van der Waals surface area contributed by atoms with Gasteiger partial charge in [-0.05, 0) is 36.4 Å². The average molecular weight is 377 g/mol. The zero-order valence-corrected chi connectivity index (χ0v) is 14.2. The highest BCUT2D eigenvalue weighted by atomic mass is 35.5. The lowest BCUT2D eigenvalue weighted by Gasteiger charge is -2.09. The van der Waals surface area contributed by atoms with Gasteiger partial charge in [0.25, 0.3) is 0 Å². The van der Waals surface area contributed by atoms with Crippen LogP contribution in [0, 0.1) is 5.82 Å². The van der Waals surface area contributed by atoms with Crippen LogP contribution in [-0.4, -0.2) is 11.2 Å². The molecule has 0 saturated carbocycles. The number of carbonyl (C=O) groups excluding carboxylic acids is 1. The number of amides is 1. The third kappa shape index (κ3) is 4.31. The Balaban J connectivity index is 1.64. The SMILES string of the molecule is NC(=O)OCc1cc(-c2ccc(OCc3c(F)cccc3Cl)cc2)no1. The molecule has 0 aliphatic carbocycles. The highest BCUT2D eigenvalue weighted by Crippen LogP contribution is 2.25. The third-order valence-corrected chi connectivity index (χ3v) is 3.86. The number of halogens is 2. The Kier molecular flexibility index (Phi) is 5.38. The normalized spacial score (nSPS) is 10.5. The number of aromatic nitrogens is 1. The predicted octanol–water partition coefficient (Wildman–Crippen LogP) is 4.31. The van der Waals surface area contributed by atoms with Crippen molar-refractivity contribution in [3.05, 3.63) is 70.7 Å². The van der Waals surface area contributed by atoms with E-state index in [1.54, 1.807) is 36.4 Å². The number of hydrogen-bond donors (Lipinski definition) is 1. The van der Waals surface area contributed by atoms with Gasteiger partial charge in [-0.15, -0.1) is 0 Å². The Morgan fingerprint density at radius 2 is 1.96 bits per heavy atom. The van der Waals surface area contributed by atoms with Gasteiger partial charge >= 0.3 is 6.09 Å². The van der Waals surface area contributed by atoms with Crippen molar-refractivity contribution < 1.29 is 23.2 Å². The van der Waals surface area contributed by atoms with Crippen LogP contribution in [0.4, 0.5) is 9.18 Å². The predicted molar refractivity (Wildman–Crippen MR) is 92.1 cm³/mol. The van der Waals surface area contributed by atoms with E-state index in [0.29, 0.717) is 27.8 Å². The molecule has 8 heteroatoms. The lowest BCUT2D eigenvalue weighted by Crippen LogP contribution is -2.12. The molecule has 0 atom stereocenters. The quantitative estimate of drug-likeness (QED) is 0.692. The molecule has 0 spiro atoms. The Morgan fingerprint density at radius 1 is 1.19 bits per heavy atom. The van der Waals surface area contributed by atoms with Gasteiger partial charge in [-0.25, -0.2) is 9.18 Å². The number of rotatable bonds is 6. The summed E-state index contributed by atoms with van der Waals surface area (Å²) in [7, 11) is 0. The monoisotopic (exact) mass is 376 g/mol. The van der Waals surface area contributed by atoms with Crippen molar-refractivity contribution in [2.24, 2.45) is 5.73 Å². The number of carbonyl (C=O) groups is 1. The summed E-state index contributed by atoms with van der Waals surface area (Å²) in [6.07, 6.45) is -0.889. The van der Waals surface area contributed by atoms with Crippen molar-refractivity contribution in [2.75, 3.05) is 0 Å². The lowest BCUT2D eigenvalue weighted by molar-refractivity contribution is 0.137. The van der Waals surface area contributed by atoms with Crippen molar-refractivity contribution in [1.82, 2.24) is 5.16 Å². The van der Waals surface area contributed by atoms with E-state index in [1.807, 2.05) is 0 Å². The standard InChI is InChI=1S/C18H14ClFN2O4/c19-15-2-1-3-16(20)14(15)10-24-12-6-4-11(5-7-12)17-8-13(26-22-17)9-25-18(21)23/h1-8H,9-10H2,(H2,21,23). The Morgan fingerprint density at radius 3 is 2.65 bits per heavy atom. The largest absolute Gasteiger partial charge is 0.489 e. The van der Waals surface area contributed by atoms with Crippen LogP contribution in [0.1, 0.15) is 11.3 Å². The van der Waals surface area contributed by atoms with E-state index in [2.05, 4.69) is 9.89 Å². The van der Waals surface area contributed by atoms with Gasteiger partial charge in [0.1, 0.15) is 23.9 Å². The highest BCUT2D eigenvalue weighted by molar-refractivity contribution is 6.31. The molecule has 0 aliphatic rings. The maximum atomic E-state index is 13.7. The smallest absolute Gasteiger partial charge is 0.404 e. The van der Waals surface area contributed by atoms with Crippen LogP contribution in [-0.2, 0) is 18.0 Å². The maximum Gasteiger partial charge on any atom is 0.404 e. The second-order valence-corrected chi connectivity index (χ2v) is 5.71. The molecule has 2 aromatic carbocycles. The first-order valence-corrected chi connectivity index (χ1v) is 7.94. The molecular weight excluding hydrogens is 363 g/mol. The van der Waals surface area contributed by atoms with Crippen molar-refractivity contribution in [3.8, 4) is 17.0 Å². The second-order valence-electron chi connectivity index (χ2n) is 5.30. The van der Waals surface area contributed by atoms with Gasteiger partial charge in [-0.2, -0.15) is 0 Å². The van der Waals surface area contributed by atoms with Crippen LogP contribution in [0.25, 0.3) is 11.3 Å². The molecule has 134 valence electrons. The van der Waals surface area contributed by atoms with Crippen LogP contribution >= 0.6 is 11.6 Å². The van der Waals surface area contributed by atoms with E-state index >= 15 is 0 Å². The summed E-state index contributed by atoms with van der Waals surface area (Å²) >= 11 is 5.97. The molecule has 1 aromatic heterocycles. The fourth-order valence-electron chi connectivity index (χ4n) is 2.21. The van der Waals surface area contributed by atoms with Gasteiger partial charge in [0.05, 0.1) is 5.02 Å². The topological polar surface area (TPSA) is 87.6 Å². The van der Waals surface area contributed by atoms with E-state index in [-0.39, 0.29) is 13.2 Å². The molecule has 1 amide bonds. The fraction of sp³-hybridized carbons (Fsp3) is 0.111. The Labute approximate surface area is 153 Å². The number of hydrogen-bond acceptors (Lipinski definition) is 5. The number of nitrogens with two attached hydrogens (primary N) is 1. The van der Waals surface area contributed by atoms with Crippen molar-refractivity contribution in [3.63, 3.8) is 0 Å². The molecule has 0 aliphatic heterocycles. The van der Waals surface area contributed by atoms with Gasteiger partial charge in [0.2, 0.25) is 0 Å². The molecular formula is C18H14ClFN2O4. The zero-order valence-electron chi connectivity index (χ0n) is 13.4. The second kappa shape index (κ2) is 7.88. The lowest BCUT2D eigenvalue weighted by atomic mass is 10.1. The molecule has 2 N–H and O–H groups in total. The Bertz CT molecular complexity index is 892. The molecule has 1 heterocycles. The highest BCUT2D eigenvalue weighted by Gasteiger charge is 2.10. The average Bonchev–Trinajstić information content (AvgIpc) is 3.09. The minimum absolute atomic E-state index is 0.0173. The summed E-state index contributed by atoms with van der Waals surface area (Å²) in [6, 6.07) is 13.1. The van der Waals surface area contributed by atoms with Gasteiger partial charge in [0.15, 0.2) is 12.4 Å².